The second-order valence-electron chi connectivity index (χ2n) is 6.16. The highest BCUT2D eigenvalue weighted by Gasteiger charge is 2.49. The summed E-state index contributed by atoms with van der Waals surface area (Å²) < 4.78 is 15.8. The summed E-state index contributed by atoms with van der Waals surface area (Å²) in [7, 11) is 0. The van der Waals surface area contributed by atoms with Crippen molar-refractivity contribution < 1.29 is 19.0 Å². The molecule has 3 atom stereocenters. The highest BCUT2D eigenvalue weighted by atomic mass is 16.6. The molecule has 0 aromatic rings. The van der Waals surface area contributed by atoms with Crippen LogP contribution in [-0.4, -0.2) is 52.2 Å². The molecule has 0 aromatic carbocycles. The Hall–Kier alpha value is -1.11. The molecule has 0 aromatic heterocycles. The van der Waals surface area contributed by atoms with Crippen LogP contribution >= 0.6 is 0 Å². The lowest BCUT2D eigenvalue weighted by atomic mass is 10.1. The Balaban J connectivity index is 1.43. The normalized spacial score (nSPS) is 27.4. The smallest absolute Gasteiger partial charge is 0.407 e. The summed E-state index contributed by atoms with van der Waals surface area (Å²) in [5.41, 5.74) is 5.30. The molecule has 1 saturated carbocycles. The molecule has 2 unspecified atom stereocenters. The van der Waals surface area contributed by atoms with E-state index in [1.807, 2.05) is 0 Å². The van der Waals surface area contributed by atoms with Gasteiger partial charge in [0.2, 0.25) is 0 Å². The largest absolute Gasteiger partial charge is 0.449 e. The van der Waals surface area contributed by atoms with E-state index in [2.05, 4.69) is 17.5 Å². The number of allylic oxidation sites excluding steroid dienone is 2. The fourth-order valence-electron chi connectivity index (χ4n) is 3.29. The molecule has 23 heavy (non-hydrogen) atoms. The fourth-order valence-corrected chi connectivity index (χ4v) is 3.29. The molecule has 3 N–H and O–H groups in total. The summed E-state index contributed by atoms with van der Waals surface area (Å²) in [6.45, 7) is 3.57. The van der Waals surface area contributed by atoms with Gasteiger partial charge in [0.05, 0.1) is 33.0 Å². The zero-order valence-electron chi connectivity index (χ0n) is 13.9. The van der Waals surface area contributed by atoms with E-state index >= 15 is 0 Å². The van der Waals surface area contributed by atoms with Crippen LogP contribution in [0.2, 0.25) is 0 Å². The zero-order chi connectivity index (χ0) is 16.3. The van der Waals surface area contributed by atoms with Crippen LogP contribution in [0.4, 0.5) is 4.79 Å². The molecule has 2 aliphatic rings. The Labute approximate surface area is 138 Å². The first kappa shape index (κ1) is 18.2. The summed E-state index contributed by atoms with van der Waals surface area (Å²) in [6.07, 6.45) is 9.01. The van der Waals surface area contributed by atoms with Crippen LogP contribution in [-0.2, 0) is 14.2 Å². The maximum Gasteiger partial charge on any atom is 0.407 e. The van der Waals surface area contributed by atoms with Gasteiger partial charge < -0.3 is 25.3 Å². The lowest BCUT2D eigenvalue weighted by Crippen LogP contribution is -2.29. The third-order valence-corrected chi connectivity index (χ3v) is 4.57. The van der Waals surface area contributed by atoms with E-state index in [9.17, 15) is 4.79 Å². The third kappa shape index (κ3) is 6.89. The topological polar surface area (TPSA) is 82.8 Å². The number of alkyl carbamates (subject to hydrolysis) is 1. The second-order valence-corrected chi connectivity index (χ2v) is 6.16. The quantitative estimate of drug-likeness (QED) is 0.471. The number of carbonyl (C=O) groups excluding carboxylic acids is 1. The average Bonchev–Trinajstić information content (AvgIpc) is 3.17. The minimum absolute atomic E-state index is 0.342. The van der Waals surface area contributed by atoms with Crippen molar-refractivity contribution in [3.63, 3.8) is 0 Å². The Morgan fingerprint density at radius 1 is 1.04 bits per heavy atom. The molecular weight excluding hydrogens is 296 g/mol. The van der Waals surface area contributed by atoms with Gasteiger partial charge in [0, 0.05) is 13.1 Å². The summed E-state index contributed by atoms with van der Waals surface area (Å²) in [5, 5.41) is 2.71. The first-order valence-electron chi connectivity index (χ1n) is 8.74. The molecule has 6 heteroatoms. The number of amides is 1. The lowest BCUT2D eigenvalue weighted by molar-refractivity contribution is 0.0511. The van der Waals surface area contributed by atoms with Crippen molar-refractivity contribution in [2.24, 2.45) is 23.5 Å². The molecular formula is C17H30N2O4. The number of hydrogen-bond donors (Lipinski definition) is 2. The van der Waals surface area contributed by atoms with Crippen molar-refractivity contribution in [2.75, 3.05) is 46.1 Å². The van der Waals surface area contributed by atoms with Gasteiger partial charge in [-0.15, -0.1) is 0 Å². The second kappa shape index (κ2) is 10.6. The van der Waals surface area contributed by atoms with E-state index in [1.165, 1.54) is 12.8 Å². The fraction of sp³-hybridized carbons (Fsp3) is 0.824. The Morgan fingerprint density at radius 3 is 2.35 bits per heavy atom. The monoisotopic (exact) mass is 326 g/mol. The van der Waals surface area contributed by atoms with Gasteiger partial charge in [-0.2, -0.15) is 0 Å². The van der Waals surface area contributed by atoms with E-state index in [0.29, 0.717) is 52.0 Å². The third-order valence-electron chi connectivity index (χ3n) is 4.57. The zero-order valence-corrected chi connectivity index (χ0v) is 13.9. The summed E-state index contributed by atoms with van der Waals surface area (Å²) in [6, 6.07) is 0. The first-order chi connectivity index (χ1) is 11.3. The van der Waals surface area contributed by atoms with Gasteiger partial charge in [-0.1, -0.05) is 12.2 Å². The van der Waals surface area contributed by atoms with Crippen LogP contribution in [0.3, 0.4) is 0 Å². The number of nitrogens with two attached hydrogens (primary N) is 1. The SMILES string of the molecule is NCCOCCOCCNC(=O)OCC1C2CC/C=C\CC[C@@H]21. The molecule has 0 saturated heterocycles. The van der Waals surface area contributed by atoms with Crippen molar-refractivity contribution >= 4 is 6.09 Å². The summed E-state index contributed by atoms with van der Waals surface area (Å²) in [5.74, 6) is 2.07. The van der Waals surface area contributed by atoms with Crippen molar-refractivity contribution in [3.8, 4) is 0 Å². The van der Waals surface area contributed by atoms with Crippen LogP contribution in [0.5, 0.6) is 0 Å². The van der Waals surface area contributed by atoms with Gasteiger partial charge in [0.1, 0.15) is 0 Å². The number of rotatable bonds is 10. The lowest BCUT2D eigenvalue weighted by Gasteiger charge is -2.08. The van der Waals surface area contributed by atoms with Crippen LogP contribution in [0, 0.1) is 17.8 Å². The van der Waals surface area contributed by atoms with E-state index in [4.69, 9.17) is 19.9 Å². The van der Waals surface area contributed by atoms with Crippen molar-refractivity contribution in [3.05, 3.63) is 12.2 Å². The average molecular weight is 326 g/mol. The van der Waals surface area contributed by atoms with E-state index < -0.39 is 0 Å². The maximum atomic E-state index is 11.7. The molecule has 0 spiro atoms. The number of ether oxygens (including phenoxy) is 3. The standard InChI is InChI=1S/C17H30N2O4/c18-7-9-21-11-12-22-10-8-19-17(20)23-13-16-14-5-3-1-2-4-6-15(14)16/h1-2,14-16H,3-13,18H2,(H,19,20)/b2-1-/t14-,15?,16?/m0/s1. The molecule has 1 fully saturated rings. The number of carbonyl (C=O) groups is 1. The van der Waals surface area contributed by atoms with Gasteiger partial charge >= 0.3 is 6.09 Å². The molecule has 0 bridgehead atoms. The molecule has 0 radical (unpaired) electrons. The predicted molar refractivity (Wildman–Crippen MR) is 88.1 cm³/mol. The van der Waals surface area contributed by atoms with Gasteiger partial charge in [-0.25, -0.2) is 4.79 Å². The predicted octanol–water partition coefficient (Wildman–Crippen LogP) is 1.70. The van der Waals surface area contributed by atoms with Crippen LogP contribution in [0.1, 0.15) is 25.7 Å². The minimum atomic E-state index is -0.342. The van der Waals surface area contributed by atoms with E-state index in [1.54, 1.807) is 0 Å². The first-order valence-corrected chi connectivity index (χ1v) is 8.74. The van der Waals surface area contributed by atoms with Crippen LogP contribution in [0.25, 0.3) is 0 Å². The molecule has 1 amide bonds. The van der Waals surface area contributed by atoms with Crippen molar-refractivity contribution in [2.45, 2.75) is 25.7 Å². The van der Waals surface area contributed by atoms with Crippen molar-refractivity contribution in [1.29, 1.82) is 0 Å². The maximum absolute atomic E-state index is 11.7. The van der Waals surface area contributed by atoms with Gasteiger partial charge in [-0.05, 0) is 43.4 Å². The Bertz CT molecular complexity index is 360. The van der Waals surface area contributed by atoms with Gasteiger partial charge in [-0.3, -0.25) is 0 Å². The van der Waals surface area contributed by atoms with Crippen LogP contribution < -0.4 is 11.1 Å². The van der Waals surface area contributed by atoms with E-state index in [0.717, 1.165) is 24.7 Å². The Morgan fingerprint density at radius 2 is 1.70 bits per heavy atom. The minimum Gasteiger partial charge on any atom is -0.449 e. The summed E-state index contributed by atoms with van der Waals surface area (Å²) in [4.78, 5) is 11.7. The molecule has 0 aliphatic heterocycles. The molecule has 132 valence electrons. The molecule has 2 rings (SSSR count). The summed E-state index contributed by atoms with van der Waals surface area (Å²) >= 11 is 0. The van der Waals surface area contributed by atoms with Crippen LogP contribution in [0.15, 0.2) is 12.2 Å². The molecule has 0 heterocycles. The van der Waals surface area contributed by atoms with E-state index in [-0.39, 0.29) is 6.09 Å². The molecule has 2 aliphatic carbocycles. The number of nitrogens with one attached hydrogen (secondary N) is 1. The van der Waals surface area contributed by atoms with Gasteiger partial charge in [0.25, 0.3) is 0 Å². The Kier molecular flexibility index (Phi) is 8.42. The van der Waals surface area contributed by atoms with Crippen molar-refractivity contribution in [1.82, 2.24) is 5.32 Å². The number of fused-ring (bicyclic) bond motifs is 1. The highest BCUT2D eigenvalue weighted by Crippen LogP contribution is 2.52. The number of hydrogen-bond acceptors (Lipinski definition) is 5. The highest BCUT2D eigenvalue weighted by molar-refractivity contribution is 5.67. The molecule has 6 nitrogen and oxygen atoms in total. The van der Waals surface area contributed by atoms with Gasteiger partial charge in [0.15, 0.2) is 0 Å².